The molecule has 1 heterocycles. The van der Waals surface area contributed by atoms with E-state index in [0.29, 0.717) is 11.3 Å². The monoisotopic (exact) mass is 220 g/mol. The molecule has 0 aliphatic rings. The molecule has 0 saturated carbocycles. The highest BCUT2D eigenvalue weighted by Gasteiger charge is 2.36. The summed E-state index contributed by atoms with van der Waals surface area (Å²) in [6, 6.07) is -0.384. The van der Waals surface area contributed by atoms with Gasteiger partial charge in [0, 0.05) is 6.20 Å². The molecule has 0 radical (unpaired) electrons. The minimum Gasteiger partial charge on any atom is -0.495 e. The zero-order valence-electron chi connectivity index (χ0n) is 8.08. The van der Waals surface area contributed by atoms with Crippen molar-refractivity contribution in [3.05, 3.63) is 24.0 Å². The van der Waals surface area contributed by atoms with Crippen LogP contribution < -0.4 is 10.5 Å². The fourth-order valence-electron chi connectivity index (χ4n) is 1.06. The van der Waals surface area contributed by atoms with Crippen molar-refractivity contribution in [1.82, 2.24) is 4.98 Å². The number of nitrogens with zero attached hydrogens (tertiary/aromatic N) is 1. The number of alkyl halides is 3. The van der Waals surface area contributed by atoms with Crippen molar-refractivity contribution in [3.8, 4) is 5.75 Å². The van der Waals surface area contributed by atoms with E-state index >= 15 is 0 Å². The van der Waals surface area contributed by atoms with Crippen molar-refractivity contribution < 1.29 is 17.9 Å². The lowest BCUT2D eigenvalue weighted by Gasteiger charge is -2.15. The Bertz CT molecular complexity index is 327. The summed E-state index contributed by atoms with van der Waals surface area (Å²) in [5.41, 5.74) is 5.38. The van der Waals surface area contributed by atoms with E-state index < -0.39 is 12.2 Å². The van der Waals surface area contributed by atoms with Crippen molar-refractivity contribution in [1.29, 1.82) is 0 Å². The molecule has 0 bridgehead atoms. The highest BCUT2D eigenvalue weighted by Crippen LogP contribution is 2.22. The number of aromatic nitrogens is 1. The maximum absolute atomic E-state index is 12.1. The van der Waals surface area contributed by atoms with E-state index in [4.69, 9.17) is 10.5 Å². The van der Waals surface area contributed by atoms with E-state index in [1.807, 2.05) is 0 Å². The second-order valence-electron chi connectivity index (χ2n) is 3.09. The van der Waals surface area contributed by atoms with Crippen LogP contribution in [0.2, 0.25) is 0 Å². The third-order valence-electron chi connectivity index (χ3n) is 1.88. The molecule has 0 spiro atoms. The van der Waals surface area contributed by atoms with Gasteiger partial charge in [-0.2, -0.15) is 13.2 Å². The minimum atomic E-state index is -4.39. The second kappa shape index (κ2) is 4.48. The lowest BCUT2D eigenvalue weighted by Crippen LogP contribution is -2.39. The summed E-state index contributed by atoms with van der Waals surface area (Å²) in [7, 11) is 1.42. The van der Waals surface area contributed by atoms with Crippen LogP contribution in [0.3, 0.4) is 0 Å². The van der Waals surface area contributed by atoms with Crippen LogP contribution in [0.25, 0.3) is 0 Å². The maximum atomic E-state index is 12.1. The molecule has 0 aliphatic heterocycles. The summed E-state index contributed by atoms with van der Waals surface area (Å²) >= 11 is 0. The quantitative estimate of drug-likeness (QED) is 0.840. The number of hydrogen-bond donors (Lipinski definition) is 1. The van der Waals surface area contributed by atoms with E-state index in [1.54, 1.807) is 0 Å². The smallest absolute Gasteiger partial charge is 0.403 e. The Morgan fingerprint density at radius 3 is 2.67 bits per heavy atom. The summed E-state index contributed by atoms with van der Waals surface area (Å²) < 4.78 is 41.3. The number of pyridine rings is 1. The Labute approximate surface area is 85.1 Å². The molecule has 3 nitrogen and oxygen atoms in total. The predicted octanol–water partition coefficient (Wildman–Crippen LogP) is 1.52. The first-order valence-corrected chi connectivity index (χ1v) is 4.23. The molecule has 0 aliphatic carbocycles. The van der Waals surface area contributed by atoms with E-state index in [-0.39, 0.29) is 6.42 Å². The van der Waals surface area contributed by atoms with E-state index in [2.05, 4.69) is 4.98 Å². The van der Waals surface area contributed by atoms with Crippen molar-refractivity contribution in [3.63, 3.8) is 0 Å². The van der Waals surface area contributed by atoms with Crippen LogP contribution >= 0.6 is 0 Å². The molecule has 0 fully saturated rings. The summed E-state index contributed by atoms with van der Waals surface area (Å²) in [6.45, 7) is 0. The van der Waals surface area contributed by atoms with Crippen molar-refractivity contribution in [2.24, 2.45) is 5.73 Å². The Balaban J connectivity index is 2.72. The van der Waals surface area contributed by atoms with E-state index in [1.165, 1.54) is 25.6 Å². The van der Waals surface area contributed by atoms with Gasteiger partial charge in [0.25, 0.3) is 0 Å². The van der Waals surface area contributed by atoms with Gasteiger partial charge in [-0.1, -0.05) is 0 Å². The zero-order chi connectivity index (χ0) is 11.5. The molecule has 2 N–H and O–H groups in total. The Morgan fingerprint density at radius 2 is 2.13 bits per heavy atom. The van der Waals surface area contributed by atoms with Crippen LogP contribution in [0.4, 0.5) is 13.2 Å². The molecule has 0 saturated heterocycles. The normalized spacial score (nSPS) is 13.7. The van der Waals surface area contributed by atoms with Gasteiger partial charge < -0.3 is 10.5 Å². The van der Waals surface area contributed by atoms with Gasteiger partial charge in [-0.05, 0) is 18.1 Å². The third kappa shape index (κ3) is 3.39. The summed E-state index contributed by atoms with van der Waals surface area (Å²) in [6.07, 6.45) is -1.92. The SMILES string of the molecule is COc1cncc(CC(N)C(F)(F)F)c1. The predicted molar refractivity (Wildman–Crippen MR) is 48.5 cm³/mol. The fourth-order valence-corrected chi connectivity index (χ4v) is 1.06. The van der Waals surface area contributed by atoms with E-state index in [0.717, 1.165) is 0 Å². The average molecular weight is 220 g/mol. The summed E-state index contributed by atoms with van der Waals surface area (Å²) in [5, 5.41) is 0. The number of halogens is 3. The molecule has 0 aromatic carbocycles. The van der Waals surface area contributed by atoms with Gasteiger partial charge in [-0.25, -0.2) is 0 Å². The number of rotatable bonds is 3. The number of methoxy groups -OCH3 is 1. The van der Waals surface area contributed by atoms with Gasteiger partial charge in [0.05, 0.1) is 13.3 Å². The average Bonchev–Trinajstić information content (AvgIpc) is 2.16. The standard InChI is InChI=1S/C9H11F3N2O/c1-15-7-2-6(4-14-5-7)3-8(13)9(10,11)12/h2,4-5,8H,3,13H2,1H3. The highest BCUT2D eigenvalue weighted by atomic mass is 19.4. The Hall–Kier alpha value is -1.30. The lowest BCUT2D eigenvalue weighted by molar-refractivity contribution is -0.147. The molecule has 0 amide bonds. The first kappa shape index (κ1) is 11.8. The Morgan fingerprint density at radius 1 is 1.47 bits per heavy atom. The van der Waals surface area contributed by atoms with Crippen molar-refractivity contribution in [2.45, 2.75) is 18.6 Å². The van der Waals surface area contributed by atoms with Gasteiger partial charge >= 0.3 is 6.18 Å². The molecule has 1 aromatic rings. The molecule has 1 rings (SSSR count). The topological polar surface area (TPSA) is 48.1 Å². The minimum absolute atomic E-state index is 0.298. The van der Waals surface area contributed by atoms with Crippen molar-refractivity contribution >= 4 is 0 Å². The molecule has 1 unspecified atom stereocenters. The maximum Gasteiger partial charge on any atom is 0.403 e. The number of hydrogen-bond acceptors (Lipinski definition) is 3. The summed E-state index contributed by atoms with van der Waals surface area (Å²) in [4.78, 5) is 3.74. The molecule has 6 heteroatoms. The molecule has 15 heavy (non-hydrogen) atoms. The van der Waals surface area contributed by atoms with Gasteiger partial charge in [0.1, 0.15) is 11.8 Å². The number of nitrogens with two attached hydrogens (primary N) is 1. The first-order valence-electron chi connectivity index (χ1n) is 4.23. The van der Waals surface area contributed by atoms with Crippen LogP contribution in [-0.4, -0.2) is 24.3 Å². The molecular weight excluding hydrogens is 209 g/mol. The van der Waals surface area contributed by atoms with Crippen LogP contribution in [0.15, 0.2) is 18.5 Å². The summed E-state index contributed by atoms with van der Waals surface area (Å²) in [5.74, 6) is 0.418. The highest BCUT2D eigenvalue weighted by molar-refractivity contribution is 5.24. The van der Waals surface area contributed by atoms with Gasteiger partial charge in [0.15, 0.2) is 0 Å². The van der Waals surface area contributed by atoms with E-state index in [9.17, 15) is 13.2 Å². The van der Waals surface area contributed by atoms with Crippen LogP contribution in [0, 0.1) is 0 Å². The molecule has 84 valence electrons. The third-order valence-corrected chi connectivity index (χ3v) is 1.88. The molecular formula is C9H11F3N2O. The Kier molecular flexibility index (Phi) is 3.52. The van der Waals surface area contributed by atoms with Crippen LogP contribution in [0.5, 0.6) is 5.75 Å². The van der Waals surface area contributed by atoms with Crippen LogP contribution in [0.1, 0.15) is 5.56 Å². The van der Waals surface area contributed by atoms with Gasteiger partial charge in [0.2, 0.25) is 0 Å². The van der Waals surface area contributed by atoms with Crippen LogP contribution in [-0.2, 0) is 6.42 Å². The number of ether oxygens (including phenoxy) is 1. The first-order chi connectivity index (χ1) is 6.93. The van der Waals surface area contributed by atoms with Gasteiger partial charge in [-0.15, -0.1) is 0 Å². The lowest BCUT2D eigenvalue weighted by atomic mass is 10.1. The molecule has 1 aromatic heterocycles. The fraction of sp³-hybridized carbons (Fsp3) is 0.444. The van der Waals surface area contributed by atoms with Gasteiger partial charge in [-0.3, -0.25) is 4.98 Å². The second-order valence-corrected chi connectivity index (χ2v) is 3.09. The molecule has 1 atom stereocenters. The largest absolute Gasteiger partial charge is 0.495 e. The van der Waals surface area contributed by atoms with Crippen molar-refractivity contribution in [2.75, 3.05) is 7.11 Å². The zero-order valence-corrected chi connectivity index (χ0v) is 8.08.